The van der Waals surface area contributed by atoms with Gasteiger partial charge in [-0.15, -0.1) is 0 Å². The van der Waals surface area contributed by atoms with E-state index in [-0.39, 0.29) is 0 Å². The van der Waals surface area contributed by atoms with Crippen molar-refractivity contribution in [1.29, 1.82) is 0 Å². The van der Waals surface area contributed by atoms with Crippen molar-refractivity contribution >= 4 is 26.7 Å². The van der Waals surface area contributed by atoms with Crippen LogP contribution in [0.25, 0.3) is 10.8 Å². The zero-order valence-electron chi connectivity index (χ0n) is 8.88. The largest absolute Gasteiger partial charge is 0.495 e. The molecule has 0 saturated heterocycles. The summed E-state index contributed by atoms with van der Waals surface area (Å²) in [5.41, 5.74) is 1.33. The first-order valence-corrected chi connectivity index (χ1v) is 5.80. The highest BCUT2D eigenvalue weighted by Crippen LogP contribution is 2.33. The molecule has 0 aliphatic carbocycles. The van der Waals surface area contributed by atoms with Crippen LogP contribution in [0.2, 0.25) is 0 Å². The molecule has 0 saturated carbocycles. The molecule has 0 aliphatic rings. The molecular formula is C13H13BrO. The maximum absolute atomic E-state index is 5.41. The Kier molecular flexibility index (Phi) is 2.96. The van der Waals surface area contributed by atoms with Crippen LogP contribution in [-0.4, -0.2) is 7.11 Å². The Morgan fingerprint density at radius 1 is 1.20 bits per heavy atom. The van der Waals surface area contributed by atoms with Gasteiger partial charge < -0.3 is 4.74 Å². The third-order valence-corrected chi connectivity index (χ3v) is 3.23. The van der Waals surface area contributed by atoms with Crippen LogP contribution in [0.3, 0.4) is 0 Å². The summed E-state index contributed by atoms with van der Waals surface area (Å²) in [6, 6.07) is 10.6. The maximum Gasteiger partial charge on any atom is 0.140 e. The molecule has 0 bridgehead atoms. The number of benzene rings is 2. The fraction of sp³-hybridized carbons (Fsp3) is 0.231. The molecule has 15 heavy (non-hydrogen) atoms. The second-order valence-corrected chi connectivity index (χ2v) is 4.34. The van der Waals surface area contributed by atoms with E-state index in [2.05, 4.69) is 47.1 Å². The minimum absolute atomic E-state index is 0.919. The van der Waals surface area contributed by atoms with Gasteiger partial charge in [-0.2, -0.15) is 0 Å². The number of ether oxygens (including phenoxy) is 1. The van der Waals surface area contributed by atoms with Crippen LogP contribution in [0.4, 0.5) is 0 Å². The van der Waals surface area contributed by atoms with Crippen LogP contribution >= 0.6 is 15.9 Å². The molecule has 2 rings (SSSR count). The van der Waals surface area contributed by atoms with Gasteiger partial charge in [0.1, 0.15) is 5.75 Å². The van der Waals surface area contributed by atoms with E-state index in [0.717, 1.165) is 16.6 Å². The number of rotatable bonds is 2. The Bertz CT molecular complexity index is 491. The normalized spacial score (nSPS) is 10.6. The second-order valence-electron chi connectivity index (χ2n) is 3.49. The lowest BCUT2D eigenvalue weighted by Gasteiger charge is -2.08. The van der Waals surface area contributed by atoms with Crippen molar-refractivity contribution in [2.45, 2.75) is 13.3 Å². The molecule has 0 radical (unpaired) electrons. The average molecular weight is 265 g/mol. The lowest BCUT2D eigenvalue weighted by molar-refractivity contribution is 0.417. The van der Waals surface area contributed by atoms with Gasteiger partial charge in [-0.1, -0.05) is 25.1 Å². The summed E-state index contributed by atoms with van der Waals surface area (Å²) < 4.78 is 6.42. The van der Waals surface area contributed by atoms with Gasteiger partial charge in [0.2, 0.25) is 0 Å². The Morgan fingerprint density at radius 2 is 1.93 bits per heavy atom. The topological polar surface area (TPSA) is 9.23 Å². The quantitative estimate of drug-likeness (QED) is 0.791. The number of aryl methyl sites for hydroxylation is 1. The van der Waals surface area contributed by atoms with Crippen LogP contribution in [0.5, 0.6) is 5.75 Å². The van der Waals surface area contributed by atoms with Gasteiger partial charge >= 0.3 is 0 Å². The first kappa shape index (κ1) is 10.5. The summed E-state index contributed by atoms with van der Waals surface area (Å²) >= 11 is 3.50. The third kappa shape index (κ3) is 1.86. The molecule has 78 valence electrons. The molecule has 1 nitrogen and oxygen atoms in total. The van der Waals surface area contributed by atoms with E-state index in [0.29, 0.717) is 0 Å². The Balaban J connectivity index is 2.76. The summed E-state index contributed by atoms with van der Waals surface area (Å²) in [5.74, 6) is 0.919. The Hall–Kier alpha value is -1.02. The van der Waals surface area contributed by atoms with Gasteiger partial charge in [0, 0.05) is 5.39 Å². The van der Waals surface area contributed by atoms with E-state index in [4.69, 9.17) is 4.74 Å². The molecule has 0 amide bonds. The minimum Gasteiger partial charge on any atom is -0.495 e. The Labute approximate surface area is 98.2 Å². The van der Waals surface area contributed by atoms with Crippen LogP contribution in [0, 0.1) is 0 Å². The SMILES string of the molecule is CCc1ccc2ccc(Br)c(OC)c2c1. The summed E-state index contributed by atoms with van der Waals surface area (Å²) in [7, 11) is 1.71. The van der Waals surface area contributed by atoms with Gasteiger partial charge in [-0.3, -0.25) is 0 Å². The molecule has 0 aliphatic heterocycles. The van der Waals surface area contributed by atoms with Crippen LogP contribution < -0.4 is 4.74 Å². The van der Waals surface area contributed by atoms with Gasteiger partial charge in [0.15, 0.2) is 0 Å². The highest BCUT2D eigenvalue weighted by molar-refractivity contribution is 9.10. The van der Waals surface area contributed by atoms with Crippen molar-refractivity contribution in [3.63, 3.8) is 0 Å². The van der Waals surface area contributed by atoms with Crippen LogP contribution in [0.1, 0.15) is 12.5 Å². The van der Waals surface area contributed by atoms with E-state index in [1.165, 1.54) is 16.3 Å². The molecule has 2 aromatic rings. The molecule has 2 aromatic carbocycles. The maximum atomic E-state index is 5.41. The second kappa shape index (κ2) is 4.23. The summed E-state index contributed by atoms with van der Waals surface area (Å²) in [5, 5.41) is 2.39. The van der Waals surface area contributed by atoms with E-state index >= 15 is 0 Å². The molecular weight excluding hydrogens is 252 g/mol. The van der Waals surface area contributed by atoms with Crippen LogP contribution in [-0.2, 0) is 6.42 Å². The number of hydrogen-bond acceptors (Lipinski definition) is 1. The first-order chi connectivity index (χ1) is 7.26. The molecule has 0 spiro atoms. The number of hydrogen-bond donors (Lipinski definition) is 0. The highest BCUT2D eigenvalue weighted by Gasteiger charge is 2.06. The highest BCUT2D eigenvalue weighted by atomic mass is 79.9. The zero-order valence-corrected chi connectivity index (χ0v) is 10.5. The molecule has 0 fully saturated rings. The van der Waals surface area contributed by atoms with Crippen molar-refractivity contribution < 1.29 is 4.74 Å². The number of fused-ring (bicyclic) bond motifs is 1. The van der Waals surface area contributed by atoms with Crippen molar-refractivity contribution in [3.05, 3.63) is 40.4 Å². The fourth-order valence-corrected chi connectivity index (χ4v) is 2.25. The summed E-state index contributed by atoms with van der Waals surface area (Å²) in [6.07, 6.45) is 1.05. The van der Waals surface area contributed by atoms with Crippen molar-refractivity contribution in [3.8, 4) is 5.75 Å². The molecule has 0 unspecified atom stereocenters. The van der Waals surface area contributed by atoms with E-state index in [9.17, 15) is 0 Å². The Morgan fingerprint density at radius 3 is 2.60 bits per heavy atom. The van der Waals surface area contributed by atoms with Crippen molar-refractivity contribution in [2.75, 3.05) is 7.11 Å². The predicted octanol–water partition coefficient (Wildman–Crippen LogP) is 4.17. The lowest BCUT2D eigenvalue weighted by atomic mass is 10.0. The smallest absolute Gasteiger partial charge is 0.140 e. The molecule has 0 N–H and O–H groups in total. The molecule has 0 aromatic heterocycles. The van der Waals surface area contributed by atoms with Gasteiger partial charge in [-0.05, 0) is 45.4 Å². The average Bonchev–Trinajstić information content (AvgIpc) is 2.28. The fourth-order valence-electron chi connectivity index (χ4n) is 1.74. The predicted molar refractivity (Wildman–Crippen MR) is 67.6 cm³/mol. The van der Waals surface area contributed by atoms with E-state index in [1.807, 2.05) is 6.07 Å². The third-order valence-electron chi connectivity index (χ3n) is 2.60. The summed E-state index contributed by atoms with van der Waals surface area (Å²) in [4.78, 5) is 0. The first-order valence-electron chi connectivity index (χ1n) is 5.01. The summed E-state index contributed by atoms with van der Waals surface area (Å²) in [6.45, 7) is 2.16. The molecule has 0 heterocycles. The van der Waals surface area contributed by atoms with Crippen molar-refractivity contribution in [1.82, 2.24) is 0 Å². The van der Waals surface area contributed by atoms with Gasteiger partial charge in [-0.25, -0.2) is 0 Å². The minimum atomic E-state index is 0.919. The van der Waals surface area contributed by atoms with Gasteiger partial charge in [0.05, 0.1) is 11.6 Å². The number of methoxy groups -OCH3 is 1. The zero-order chi connectivity index (χ0) is 10.8. The van der Waals surface area contributed by atoms with Gasteiger partial charge in [0.25, 0.3) is 0 Å². The van der Waals surface area contributed by atoms with Crippen LogP contribution in [0.15, 0.2) is 34.8 Å². The lowest BCUT2D eigenvalue weighted by Crippen LogP contribution is -1.88. The van der Waals surface area contributed by atoms with Crippen molar-refractivity contribution in [2.24, 2.45) is 0 Å². The molecule has 0 atom stereocenters. The standard InChI is InChI=1S/C13H13BrO/c1-3-9-4-5-10-6-7-12(14)13(15-2)11(10)8-9/h4-8H,3H2,1-2H3. The monoisotopic (exact) mass is 264 g/mol. The molecule has 2 heteroatoms. The van der Waals surface area contributed by atoms with E-state index in [1.54, 1.807) is 7.11 Å². The number of halogens is 1. The van der Waals surface area contributed by atoms with E-state index < -0.39 is 0 Å².